The molecule has 1 heterocycles. The van der Waals surface area contributed by atoms with Gasteiger partial charge >= 0.3 is 0 Å². The van der Waals surface area contributed by atoms with Gasteiger partial charge in [0.2, 0.25) is 0 Å². The van der Waals surface area contributed by atoms with Gasteiger partial charge in [0.15, 0.2) is 5.96 Å². The summed E-state index contributed by atoms with van der Waals surface area (Å²) in [5.74, 6) is 1.19. The molecule has 1 aromatic heterocycles. The number of aryl methyl sites for hydroxylation is 2. The molecule has 0 saturated heterocycles. The molecule has 138 valence electrons. The second-order valence-electron chi connectivity index (χ2n) is 5.96. The Balaban J connectivity index is 2.10. The van der Waals surface area contributed by atoms with Gasteiger partial charge in [-0.1, -0.05) is 17.7 Å². The van der Waals surface area contributed by atoms with Gasteiger partial charge in [0, 0.05) is 19.6 Å². The van der Waals surface area contributed by atoms with Gasteiger partial charge in [0.25, 0.3) is 0 Å². The van der Waals surface area contributed by atoms with E-state index in [2.05, 4.69) is 26.8 Å². The molecule has 0 aliphatic heterocycles. The predicted molar refractivity (Wildman–Crippen MR) is 105 cm³/mol. The lowest BCUT2D eigenvalue weighted by Crippen LogP contribution is -2.37. The summed E-state index contributed by atoms with van der Waals surface area (Å²) in [6, 6.07) is 10.1. The first-order valence-electron chi connectivity index (χ1n) is 8.97. The highest BCUT2D eigenvalue weighted by Crippen LogP contribution is 2.21. The Labute approximate surface area is 154 Å². The Morgan fingerprint density at radius 3 is 2.46 bits per heavy atom. The normalized spacial score (nSPS) is 10.2. The second kappa shape index (κ2) is 9.47. The number of benzene rings is 1. The monoisotopic (exact) mass is 353 g/mol. The van der Waals surface area contributed by atoms with Gasteiger partial charge in [0.1, 0.15) is 17.5 Å². The fraction of sp³-hybridized carbons (Fsp3) is 0.421. The number of nitrogen functional groups attached to an aromatic ring is 1. The SMILES string of the molecule is CCNC(=NCCCc1nn(-c2ccc(C)cc2)c(N)c1C#N)NCC. The summed E-state index contributed by atoms with van der Waals surface area (Å²) in [6.45, 7) is 8.39. The van der Waals surface area contributed by atoms with Crippen molar-refractivity contribution in [1.29, 1.82) is 5.26 Å². The Hall–Kier alpha value is -3.01. The van der Waals surface area contributed by atoms with Crippen LogP contribution >= 0.6 is 0 Å². The summed E-state index contributed by atoms with van der Waals surface area (Å²) < 4.78 is 1.64. The highest BCUT2D eigenvalue weighted by atomic mass is 15.3. The number of aromatic nitrogens is 2. The lowest BCUT2D eigenvalue weighted by molar-refractivity contribution is 0.763. The lowest BCUT2D eigenvalue weighted by Gasteiger charge is -2.08. The number of hydrogen-bond donors (Lipinski definition) is 3. The van der Waals surface area contributed by atoms with E-state index in [1.807, 2.05) is 45.0 Å². The van der Waals surface area contributed by atoms with Crippen molar-refractivity contribution in [2.75, 3.05) is 25.4 Å². The van der Waals surface area contributed by atoms with E-state index in [4.69, 9.17) is 5.73 Å². The molecule has 0 spiro atoms. The average Bonchev–Trinajstić information content (AvgIpc) is 2.95. The molecule has 0 aliphatic rings. The number of guanidine groups is 1. The van der Waals surface area contributed by atoms with E-state index >= 15 is 0 Å². The van der Waals surface area contributed by atoms with Crippen LogP contribution < -0.4 is 16.4 Å². The maximum absolute atomic E-state index is 9.46. The predicted octanol–water partition coefficient (Wildman–Crippen LogP) is 2.14. The summed E-state index contributed by atoms with van der Waals surface area (Å²) in [5.41, 5.74) is 9.33. The number of nitrogens with one attached hydrogen (secondary N) is 2. The first kappa shape index (κ1) is 19.3. The zero-order valence-corrected chi connectivity index (χ0v) is 15.7. The fourth-order valence-corrected chi connectivity index (χ4v) is 2.60. The topological polar surface area (TPSA) is 104 Å². The highest BCUT2D eigenvalue weighted by Gasteiger charge is 2.16. The van der Waals surface area contributed by atoms with E-state index in [1.54, 1.807) is 4.68 Å². The molecule has 0 atom stereocenters. The Morgan fingerprint density at radius 1 is 1.23 bits per heavy atom. The molecule has 1 aromatic carbocycles. The lowest BCUT2D eigenvalue weighted by atomic mass is 10.1. The zero-order chi connectivity index (χ0) is 18.9. The number of nitrogens with two attached hydrogens (primary N) is 1. The van der Waals surface area contributed by atoms with E-state index in [0.29, 0.717) is 30.0 Å². The summed E-state index contributed by atoms with van der Waals surface area (Å²) in [6.07, 6.45) is 1.44. The van der Waals surface area contributed by atoms with Crippen molar-refractivity contribution < 1.29 is 0 Å². The van der Waals surface area contributed by atoms with Crippen LogP contribution in [0.2, 0.25) is 0 Å². The molecule has 0 aliphatic carbocycles. The molecule has 26 heavy (non-hydrogen) atoms. The number of rotatable bonds is 7. The first-order chi connectivity index (χ1) is 12.6. The van der Waals surface area contributed by atoms with Gasteiger partial charge in [-0.25, -0.2) is 4.68 Å². The van der Waals surface area contributed by atoms with Crippen LogP contribution in [-0.4, -0.2) is 35.4 Å². The van der Waals surface area contributed by atoms with E-state index in [-0.39, 0.29) is 0 Å². The van der Waals surface area contributed by atoms with Crippen molar-refractivity contribution in [2.45, 2.75) is 33.6 Å². The number of aliphatic imine (C=N–C) groups is 1. The third-order valence-electron chi connectivity index (χ3n) is 3.91. The maximum Gasteiger partial charge on any atom is 0.191 e. The van der Waals surface area contributed by atoms with E-state index in [1.165, 1.54) is 0 Å². The standard InChI is InChI=1S/C19H27N7/c1-4-22-19(23-5-2)24-12-6-7-17-16(13-20)18(21)26(25-17)15-10-8-14(3)9-11-15/h8-11H,4-7,12,21H2,1-3H3,(H2,22,23,24). The van der Waals surface area contributed by atoms with Crippen molar-refractivity contribution in [3.05, 3.63) is 41.1 Å². The van der Waals surface area contributed by atoms with E-state index < -0.39 is 0 Å². The molecule has 0 bridgehead atoms. The van der Waals surface area contributed by atoms with Crippen LogP contribution in [0.4, 0.5) is 5.82 Å². The zero-order valence-electron chi connectivity index (χ0n) is 15.7. The van der Waals surface area contributed by atoms with Gasteiger partial charge in [-0.15, -0.1) is 0 Å². The minimum absolute atomic E-state index is 0.385. The molecule has 0 amide bonds. The molecular formula is C19H27N7. The van der Waals surface area contributed by atoms with Crippen molar-refractivity contribution in [1.82, 2.24) is 20.4 Å². The van der Waals surface area contributed by atoms with Crippen LogP contribution in [0.1, 0.15) is 37.1 Å². The van der Waals surface area contributed by atoms with Gasteiger partial charge in [0.05, 0.1) is 11.4 Å². The van der Waals surface area contributed by atoms with Crippen LogP contribution in [0.3, 0.4) is 0 Å². The molecule has 4 N–H and O–H groups in total. The summed E-state index contributed by atoms with van der Waals surface area (Å²) in [5, 5.41) is 20.4. The molecule has 7 heteroatoms. The largest absolute Gasteiger partial charge is 0.382 e. The minimum Gasteiger partial charge on any atom is -0.382 e. The van der Waals surface area contributed by atoms with E-state index in [9.17, 15) is 5.26 Å². The van der Waals surface area contributed by atoms with Crippen molar-refractivity contribution in [2.24, 2.45) is 4.99 Å². The quantitative estimate of drug-likeness (QED) is 0.402. The number of anilines is 1. The molecule has 0 radical (unpaired) electrons. The highest BCUT2D eigenvalue weighted by molar-refractivity contribution is 5.79. The van der Waals surface area contributed by atoms with Crippen molar-refractivity contribution in [3.63, 3.8) is 0 Å². The van der Waals surface area contributed by atoms with Gasteiger partial charge in [-0.05, 0) is 45.7 Å². The Morgan fingerprint density at radius 2 is 1.88 bits per heavy atom. The van der Waals surface area contributed by atoms with Crippen molar-refractivity contribution in [3.8, 4) is 11.8 Å². The third-order valence-corrected chi connectivity index (χ3v) is 3.91. The number of nitriles is 1. The third kappa shape index (κ3) is 4.76. The Bertz CT molecular complexity index is 773. The van der Waals surface area contributed by atoms with Crippen LogP contribution in [0.15, 0.2) is 29.3 Å². The number of hydrogen-bond acceptors (Lipinski definition) is 4. The molecule has 0 saturated carbocycles. The molecule has 2 rings (SSSR count). The summed E-state index contributed by atoms with van der Waals surface area (Å²) >= 11 is 0. The Kier molecular flexibility index (Phi) is 7.03. The van der Waals surface area contributed by atoms with Crippen molar-refractivity contribution >= 4 is 11.8 Å². The van der Waals surface area contributed by atoms with Crippen LogP contribution in [0.25, 0.3) is 5.69 Å². The average molecular weight is 353 g/mol. The first-order valence-corrected chi connectivity index (χ1v) is 8.97. The van der Waals surface area contributed by atoms with Crippen LogP contribution in [-0.2, 0) is 6.42 Å². The summed E-state index contributed by atoms with van der Waals surface area (Å²) in [7, 11) is 0. The maximum atomic E-state index is 9.46. The molecule has 0 unspecified atom stereocenters. The molecule has 0 fully saturated rings. The molecule has 2 aromatic rings. The van der Waals surface area contributed by atoms with Crippen LogP contribution in [0, 0.1) is 18.3 Å². The summed E-state index contributed by atoms with van der Waals surface area (Å²) in [4.78, 5) is 4.52. The second-order valence-corrected chi connectivity index (χ2v) is 5.96. The van der Waals surface area contributed by atoms with E-state index in [0.717, 1.165) is 36.7 Å². The molecular weight excluding hydrogens is 326 g/mol. The fourth-order valence-electron chi connectivity index (χ4n) is 2.60. The van der Waals surface area contributed by atoms with Gasteiger partial charge < -0.3 is 16.4 Å². The van der Waals surface area contributed by atoms with Crippen LogP contribution in [0.5, 0.6) is 0 Å². The van der Waals surface area contributed by atoms with Gasteiger partial charge in [-0.2, -0.15) is 10.4 Å². The number of nitrogens with zero attached hydrogens (tertiary/aromatic N) is 4. The van der Waals surface area contributed by atoms with Gasteiger partial charge in [-0.3, -0.25) is 4.99 Å². The smallest absolute Gasteiger partial charge is 0.191 e. The molecule has 7 nitrogen and oxygen atoms in total. The minimum atomic E-state index is 0.385.